The van der Waals surface area contributed by atoms with E-state index in [0.717, 1.165) is 34.9 Å². The zero-order valence-electron chi connectivity index (χ0n) is 11.0. The van der Waals surface area contributed by atoms with Gasteiger partial charge in [-0.1, -0.05) is 29.8 Å². The van der Waals surface area contributed by atoms with E-state index in [4.69, 9.17) is 26.8 Å². The Bertz CT molecular complexity index is 598. The highest BCUT2D eigenvalue weighted by Crippen LogP contribution is 2.33. The second-order valence-corrected chi connectivity index (χ2v) is 5.32. The van der Waals surface area contributed by atoms with Crippen molar-refractivity contribution in [3.63, 3.8) is 0 Å². The average molecular weight is 290 g/mol. The summed E-state index contributed by atoms with van der Waals surface area (Å²) in [6.07, 6.45) is 1.78. The number of fused-ring (bicyclic) bond motifs is 1. The van der Waals surface area contributed by atoms with E-state index >= 15 is 0 Å². The standard InChI is InChI=1S/C16H16ClNO2/c17-13-5-3-12(4-6-13)14(18)7-1-11-2-8-15-16(9-11)20-10-19-15/h2-6,8-9,14H,1,7,10,18H2. The van der Waals surface area contributed by atoms with E-state index in [1.165, 1.54) is 5.56 Å². The Labute approximate surface area is 123 Å². The van der Waals surface area contributed by atoms with Crippen LogP contribution in [0.5, 0.6) is 11.5 Å². The molecule has 2 aromatic rings. The molecule has 0 fully saturated rings. The van der Waals surface area contributed by atoms with Crippen LogP contribution in [0, 0.1) is 0 Å². The van der Waals surface area contributed by atoms with Crippen molar-refractivity contribution in [3.8, 4) is 11.5 Å². The Morgan fingerprint density at radius 2 is 1.80 bits per heavy atom. The minimum Gasteiger partial charge on any atom is -0.454 e. The van der Waals surface area contributed by atoms with Gasteiger partial charge in [-0.3, -0.25) is 0 Å². The lowest BCUT2D eigenvalue weighted by atomic mass is 9.99. The largest absolute Gasteiger partial charge is 0.454 e. The van der Waals surface area contributed by atoms with E-state index in [9.17, 15) is 0 Å². The number of rotatable bonds is 4. The van der Waals surface area contributed by atoms with Gasteiger partial charge in [0.15, 0.2) is 11.5 Å². The summed E-state index contributed by atoms with van der Waals surface area (Å²) in [7, 11) is 0. The first-order valence-corrected chi connectivity index (χ1v) is 7.00. The van der Waals surface area contributed by atoms with Gasteiger partial charge in [0.1, 0.15) is 0 Å². The van der Waals surface area contributed by atoms with Crippen LogP contribution in [0.2, 0.25) is 5.02 Å². The molecule has 1 unspecified atom stereocenters. The van der Waals surface area contributed by atoms with Crippen molar-refractivity contribution in [2.45, 2.75) is 18.9 Å². The number of aryl methyl sites for hydroxylation is 1. The zero-order valence-corrected chi connectivity index (χ0v) is 11.8. The van der Waals surface area contributed by atoms with Gasteiger partial charge in [-0.15, -0.1) is 0 Å². The second-order valence-electron chi connectivity index (χ2n) is 4.88. The summed E-state index contributed by atoms with van der Waals surface area (Å²) in [6.45, 7) is 0.309. The van der Waals surface area contributed by atoms with Crippen LogP contribution < -0.4 is 15.2 Å². The molecular formula is C16H16ClNO2. The van der Waals surface area contributed by atoms with E-state index in [1.807, 2.05) is 36.4 Å². The summed E-state index contributed by atoms with van der Waals surface area (Å²) in [5, 5.41) is 0.733. The summed E-state index contributed by atoms with van der Waals surface area (Å²) in [5.74, 6) is 1.64. The van der Waals surface area contributed by atoms with Crippen molar-refractivity contribution >= 4 is 11.6 Å². The summed E-state index contributed by atoms with van der Waals surface area (Å²) in [5.41, 5.74) is 8.52. The third kappa shape index (κ3) is 2.89. The molecule has 0 radical (unpaired) electrons. The first-order chi connectivity index (χ1) is 9.72. The smallest absolute Gasteiger partial charge is 0.231 e. The molecule has 0 bridgehead atoms. The van der Waals surface area contributed by atoms with Crippen LogP contribution in [0.3, 0.4) is 0 Å². The van der Waals surface area contributed by atoms with Gasteiger partial charge in [0.2, 0.25) is 6.79 Å². The van der Waals surface area contributed by atoms with Crippen LogP contribution in [0.15, 0.2) is 42.5 Å². The van der Waals surface area contributed by atoms with Gasteiger partial charge >= 0.3 is 0 Å². The van der Waals surface area contributed by atoms with Crippen LogP contribution in [0.1, 0.15) is 23.6 Å². The van der Waals surface area contributed by atoms with Crippen LogP contribution >= 0.6 is 11.6 Å². The molecule has 2 aromatic carbocycles. The number of ether oxygens (including phenoxy) is 2. The molecule has 0 saturated heterocycles. The maximum atomic E-state index is 6.21. The highest BCUT2D eigenvalue weighted by atomic mass is 35.5. The van der Waals surface area contributed by atoms with E-state index < -0.39 is 0 Å². The fourth-order valence-electron chi connectivity index (χ4n) is 2.30. The predicted molar refractivity (Wildman–Crippen MR) is 79.3 cm³/mol. The van der Waals surface area contributed by atoms with Crippen LogP contribution in [0.25, 0.3) is 0 Å². The fraction of sp³-hybridized carbons (Fsp3) is 0.250. The Balaban J connectivity index is 1.63. The molecule has 20 heavy (non-hydrogen) atoms. The molecule has 104 valence electrons. The van der Waals surface area contributed by atoms with Gasteiger partial charge in [-0.2, -0.15) is 0 Å². The Morgan fingerprint density at radius 1 is 1.05 bits per heavy atom. The number of hydrogen-bond acceptors (Lipinski definition) is 3. The lowest BCUT2D eigenvalue weighted by Crippen LogP contribution is -2.11. The molecule has 1 aliphatic rings. The molecule has 3 rings (SSSR count). The molecule has 2 N–H and O–H groups in total. The number of halogens is 1. The normalized spacial score (nSPS) is 14.3. The fourth-order valence-corrected chi connectivity index (χ4v) is 2.42. The van der Waals surface area contributed by atoms with Gasteiger partial charge in [-0.05, 0) is 48.2 Å². The molecule has 1 heterocycles. The maximum Gasteiger partial charge on any atom is 0.231 e. The third-order valence-corrected chi connectivity index (χ3v) is 3.73. The van der Waals surface area contributed by atoms with E-state index in [1.54, 1.807) is 0 Å². The second kappa shape index (κ2) is 5.73. The van der Waals surface area contributed by atoms with Crippen LogP contribution in [-0.2, 0) is 6.42 Å². The van der Waals surface area contributed by atoms with Crippen molar-refractivity contribution < 1.29 is 9.47 Å². The first-order valence-electron chi connectivity index (χ1n) is 6.62. The summed E-state index contributed by atoms with van der Waals surface area (Å²) >= 11 is 5.88. The molecule has 0 amide bonds. The lowest BCUT2D eigenvalue weighted by Gasteiger charge is -2.12. The van der Waals surface area contributed by atoms with Gasteiger partial charge in [0.25, 0.3) is 0 Å². The number of nitrogens with two attached hydrogens (primary N) is 1. The zero-order chi connectivity index (χ0) is 13.9. The van der Waals surface area contributed by atoms with Gasteiger partial charge in [0.05, 0.1) is 0 Å². The Hall–Kier alpha value is -1.71. The summed E-state index contributed by atoms with van der Waals surface area (Å²) < 4.78 is 10.7. The summed E-state index contributed by atoms with van der Waals surface area (Å²) in [4.78, 5) is 0. The van der Waals surface area contributed by atoms with E-state index in [0.29, 0.717) is 6.79 Å². The summed E-state index contributed by atoms with van der Waals surface area (Å²) in [6, 6.07) is 13.7. The van der Waals surface area contributed by atoms with Gasteiger partial charge < -0.3 is 15.2 Å². The van der Waals surface area contributed by atoms with Gasteiger partial charge in [0, 0.05) is 11.1 Å². The molecule has 0 aromatic heterocycles. The van der Waals surface area contributed by atoms with E-state index in [2.05, 4.69) is 6.07 Å². The molecular weight excluding hydrogens is 274 g/mol. The van der Waals surface area contributed by atoms with Crippen molar-refractivity contribution in [1.29, 1.82) is 0 Å². The maximum absolute atomic E-state index is 6.21. The minimum atomic E-state index is 0.0117. The number of hydrogen-bond donors (Lipinski definition) is 1. The van der Waals surface area contributed by atoms with E-state index in [-0.39, 0.29) is 6.04 Å². The molecule has 1 atom stereocenters. The molecule has 0 spiro atoms. The van der Waals surface area contributed by atoms with Crippen molar-refractivity contribution in [1.82, 2.24) is 0 Å². The lowest BCUT2D eigenvalue weighted by molar-refractivity contribution is 0.174. The van der Waals surface area contributed by atoms with Crippen LogP contribution in [0.4, 0.5) is 0 Å². The highest BCUT2D eigenvalue weighted by Gasteiger charge is 2.13. The predicted octanol–water partition coefficient (Wildman–Crippen LogP) is 3.70. The molecule has 3 nitrogen and oxygen atoms in total. The number of benzene rings is 2. The quantitative estimate of drug-likeness (QED) is 0.933. The highest BCUT2D eigenvalue weighted by molar-refractivity contribution is 6.30. The molecule has 4 heteroatoms. The Morgan fingerprint density at radius 3 is 2.60 bits per heavy atom. The SMILES string of the molecule is NC(CCc1ccc2c(c1)OCO2)c1ccc(Cl)cc1. The molecule has 1 aliphatic heterocycles. The average Bonchev–Trinajstić information content (AvgIpc) is 2.93. The van der Waals surface area contributed by atoms with Crippen molar-refractivity contribution in [3.05, 3.63) is 58.6 Å². The minimum absolute atomic E-state index is 0.0117. The topological polar surface area (TPSA) is 44.5 Å². The van der Waals surface area contributed by atoms with Gasteiger partial charge in [-0.25, -0.2) is 0 Å². The molecule has 0 aliphatic carbocycles. The van der Waals surface area contributed by atoms with Crippen molar-refractivity contribution in [2.24, 2.45) is 5.73 Å². The monoisotopic (exact) mass is 289 g/mol. The third-order valence-electron chi connectivity index (χ3n) is 3.48. The van der Waals surface area contributed by atoms with Crippen molar-refractivity contribution in [2.75, 3.05) is 6.79 Å². The molecule has 0 saturated carbocycles. The Kier molecular flexibility index (Phi) is 3.81. The van der Waals surface area contributed by atoms with Crippen LogP contribution in [-0.4, -0.2) is 6.79 Å². The first kappa shape index (κ1) is 13.3.